The number of rotatable bonds is 5. The lowest BCUT2D eigenvalue weighted by Crippen LogP contribution is -1.98. The van der Waals surface area contributed by atoms with Crippen LogP contribution in [0.15, 0.2) is 23.6 Å². The first-order chi connectivity index (χ1) is 8.72. The number of thiazole rings is 1. The van der Waals surface area contributed by atoms with Crippen molar-refractivity contribution in [3.63, 3.8) is 0 Å². The summed E-state index contributed by atoms with van der Waals surface area (Å²) in [5.74, 6) is -0.405. The molecule has 0 atom stereocenters. The van der Waals surface area contributed by atoms with Crippen molar-refractivity contribution in [2.75, 3.05) is 0 Å². The first-order valence-corrected chi connectivity index (χ1v) is 6.41. The molecular formula is C13H12FNO2S. The summed E-state index contributed by atoms with van der Waals surface area (Å²) in [6.45, 7) is 2.26. The number of ether oxygens (including phenoxy) is 1. The molecule has 0 unspecified atom stereocenters. The number of aryl methyl sites for hydroxylation is 1. The highest BCUT2D eigenvalue weighted by Crippen LogP contribution is 2.19. The van der Waals surface area contributed by atoms with Crippen molar-refractivity contribution in [1.29, 1.82) is 0 Å². The summed E-state index contributed by atoms with van der Waals surface area (Å²) in [7, 11) is 0. The minimum atomic E-state index is -0.537. The van der Waals surface area contributed by atoms with Gasteiger partial charge in [-0.1, -0.05) is 6.92 Å². The van der Waals surface area contributed by atoms with Gasteiger partial charge < -0.3 is 4.74 Å². The summed E-state index contributed by atoms with van der Waals surface area (Å²) in [6.07, 6.45) is 1.48. The number of benzene rings is 1. The summed E-state index contributed by atoms with van der Waals surface area (Å²) in [6, 6.07) is 4.12. The molecule has 0 aliphatic rings. The highest BCUT2D eigenvalue weighted by Gasteiger charge is 2.06. The van der Waals surface area contributed by atoms with Crippen LogP contribution in [0.3, 0.4) is 0 Å². The fourth-order valence-corrected chi connectivity index (χ4v) is 2.17. The molecule has 1 aromatic carbocycles. The van der Waals surface area contributed by atoms with E-state index in [9.17, 15) is 9.18 Å². The van der Waals surface area contributed by atoms with Gasteiger partial charge in [-0.2, -0.15) is 0 Å². The van der Waals surface area contributed by atoms with Gasteiger partial charge in [0.15, 0.2) is 11.6 Å². The number of aldehydes is 1. The van der Waals surface area contributed by atoms with Crippen LogP contribution in [0, 0.1) is 5.82 Å². The molecule has 3 nitrogen and oxygen atoms in total. The van der Waals surface area contributed by atoms with Crippen LogP contribution in [0.2, 0.25) is 0 Å². The van der Waals surface area contributed by atoms with Crippen LogP contribution in [0.1, 0.15) is 28.0 Å². The van der Waals surface area contributed by atoms with Gasteiger partial charge in [0.05, 0.1) is 10.7 Å². The quantitative estimate of drug-likeness (QED) is 0.779. The van der Waals surface area contributed by atoms with Gasteiger partial charge in [0, 0.05) is 10.9 Å². The van der Waals surface area contributed by atoms with Gasteiger partial charge in [-0.25, -0.2) is 9.37 Å². The second kappa shape index (κ2) is 5.73. The van der Waals surface area contributed by atoms with Gasteiger partial charge in [-0.3, -0.25) is 4.79 Å². The van der Waals surface area contributed by atoms with E-state index in [1.807, 2.05) is 12.3 Å². The summed E-state index contributed by atoms with van der Waals surface area (Å²) < 4.78 is 18.8. The number of carbonyl (C=O) groups is 1. The average Bonchev–Trinajstić information content (AvgIpc) is 2.85. The molecule has 1 aromatic heterocycles. The lowest BCUT2D eigenvalue weighted by atomic mass is 10.2. The zero-order valence-electron chi connectivity index (χ0n) is 9.85. The Morgan fingerprint density at radius 1 is 1.50 bits per heavy atom. The fourth-order valence-electron chi connectivity index (χ4n) is 1.44. The van der Waals surface area contributed by atoms with E-state index in [0.29, 0.717) is 11.8 Å². The van der Waals surface area contributed by atoms with Gasteiger partial charge in [0.1, 0.15) is 12.9 Å². The van der Waals surface area contributed by atoms with E-state index >= 15 is 0 Å². The number of carbonyl (C=O) groups excluding carboxylic acids is 1. The molecule has 5 heteroatoms. The Morgan fingerprint density at radius 2 is 2.33 bits per heavy atom. The van der Waals surface area contributed by atoms with Crippen LogP contribution < -0.4 is 4.74 Å². The summed E-state index contributed by atoms with van der Waals surface area (Å²) in [5, 5.41) is 2.93. The van der Waals surface area contributed by atoms with Crippen molar-refractivity contribution < 1.29 is 13.9 Å². The maximum absolute atomic E-state index is 13.5. The van der Waals surface area contributed by atoms with Crippen molar-refractivity contribution in [3.05, 3.63) is 45.7 Å². The highest BCUT2D eigenvalue weighted by molar-refractivity contribution is 7.09. The van der Waals surface area contributed by atoms with Crippen LogP contribution in [0.25, 0.3) is 0 Å². The predicted molar refractivity (Wildman–Crippen MR) is 67.6 cm³/mol. The van der Waals surface area contributed by atoms with Gasteiger partial charge in [0.2, 0.25) is 0 Å². The highest BCUT2D eigenvalue weighted by atomic mass is 32.1. The standard InChI is InChI=1S/C13H12FNO2S/c1-2-13-15-10(8-18-13)7-17-12-4-3-9(6-16)5-11(12)14/h3-6,8H,2,7H2,1H3. The Labute approximate surface area is 108 Å². The van der Waals surface area contributed by atoms with Gasteiger partial charge in [-0.05, 0) is 24.6 Å². The van der Waals surface area contributed by atoms with Crippen LogP contribution >= 0.6 is 11.3 Å². The Bertz CT molecular complexity index is 554. The first kappa shape index (κ1) is 12.7. The number of halogens is 1. The molecule has 0 saturated carbocycles. The normalized spacial score (nSPS) is 10.3. The molecular weight excluding hydrogens is 253 g/mol. The molecule has 1 heterocycles. The van der Waals surface area contributed by atoms with E-state index in [2.05, 4.69) is 4.98 Å². The van der Waals surface area contributed by atoms with Crippen LogP contribution in [-0.4, -0.2) is 11.3 Å². The molecule has 0 aliphatic carbocycles. The molecule has 2 rings (SSSR count). The van der Waals surface area contributed by atoms with Crippen molar-refractivity contribution in [2.45, 2.75) is 20.0 Å². The average molecular weight is 265 g/mol. The summed E-state index contributed by atoms with van der Waals surface area (Å²) in [5.41, 5.74) is 1.08. The van der Waals surface area contributed by atoms with Gasteiger partial charge in [-0.15, -0.1) is 11.3 Å². The molecule has 18 heavy (non-hydrogen) atoms. The van der Waals surface area contributed by atoms with E-state index in [1.165, 1.54) is 12.1 Å². The van der Waals surface area contributed by atoms with E-state index in [4.69, 9.17) is 4.74 Å². The molecule has 0 spiro atoms. The number of hydrogen-bond acceptors (Lipinski definition) is 4. The third-order valence-corrected chi connectivity index (χ3v) is 3.41. The zero-order chi connectivity index (χ0) is 13.0. The van der Waals surface area contributed by atoms with E-state index in [1.54, 1.807) is 11.3 Å². The number of nitrogens with zero attached hydrogens (tertiary/aromatic N) is 1. The van der Waals surface area contributed by atoms with Crippen LogP contribution in [0.4, 0.5) is 4.39 Å². The Morgan fingerprint density at radius 3 is 2.94 bits per heavy atom. The Hall–Kier alpha value is -1.75. The molecule has 2 aromatic rings. The number of hydrogen-bond donors (Lipinski definition) is 0. The van der Waals surface area contributed by atoms with Crippen molar-refractivity contribution >= 4 is 17.6 Å². The van der Waals surface area contributed by atoms with Gasteiger partial charge >= 0.3 is 0 Å². The van der Waals surface area contributed by atoms with Crippen molar-refractivity contribution in [1.82, 2.24) is 4.98 Å². The third kappa shape index (κ3) is 2.92. The minimum Gasteiger partial charge on any atom is -0.484 e. The lowest BCUT2D eigenvalue weighted by Gasteiger charge is -2.05. The maximum atomic E-state index is 13.5. The smallest absolute Gasteiger partial charge is 0.165 e. The molecule has 0 saturated heterocycles. The minimum absolute atomic E-state index is 0.131. The zero-order valence-corrected chi connectivity index (χ0v) is 10.7. The topological polar surface area (TPSA) is 39.2 Å². The van der Waals surface area contributed by atoms with Crippen LogP contribution in [0.5, 0.6) is 5.75 Å². The molecule has 0 radical (unpaired) electrons. The summed E-state index contributed by atoms with van der Waals surface area (Å²) in [4.78, 5) is 14.8. The second-order valence-electron chi connectivity index (χ2n) is 3.68. The maximum Gasteiger partial charge on any atom is 0.165 e. The SMILES string of the molecule is CCc1nc(COc2ccc(C=O)cc2F)cs1. The second-order valence-corrected chi connectivity index (χ2v) is 4.63. The number of aromatic nitrogens is 1. The van der Waals surface area contributed by atoms with Gasteiger partial charge in [0.25, 0.3) is 0 Å². The molecule has 0 N–H and O–H groups in total. The lowest BCUT2D eigenvalue weighted by molar-refractivity contribution is 0.112. The fraction of sp³-hybridized carbons (Fsp3) is 0.231. The van der Waals surface area contributed by atoms with E-state index in [-0.39, 0.29) is 12.4 Å². The molecule has 94 valence electrons. The molecule has 0 bridgehead atoms. The first-order valence-electron chi connectivity index (χ1n) is 5.53. The Kier molecular flexibility index (Phi) is 4.04. The molecule has 0 fully saturated rings. The largest absolute Gasteiger partial charge is 0.484 e. The molecule has 0 amide bonds. The van der Waals surface area contributed by atoms with Crippen molar-refractivity contribution in [3.8, 4) is 5.75 Å². The van der Waals surface area contributed by atoms with E-state index in [0.717, 1.165) is 23.2 Å². The monoisotopic (exact) mass is 265 g/mol. The van der Waals surface area contributed by atoms with Crippen molar-refractivity contribution in [2.24, 2.45) is 0 Å². The van der Waals surface area contributed by atoms with E-state index < -0.39 is 5.82 Å². The Balaban J connectivity index is 2.03. The predicted octanol–water partition coefficient (Wildman–Crippen LogP) is 3.24. The summed E-state index contributed by atoms with van der Waals surface area (Å²) >= 11 is 1.56. The molecule has 0 aliphatic heterocycles. The third-order valence-electron chi connectivity index (χ3n) is 2.37. The van der Waals surface area contributed by atoms with Crippen LogP contribution in [-0.2, 0) is 13.0 Å².